The maximum atomic E-state index is 13.6. The average molecular weight is 524 g/mol. The molecule has 5 rings (SSSR count). The predicted molar refractivity (Wildman–Crippen MR) is 152 cm³/mol. The largest absolute Gasteiger partial charge is 0.355 e. The van der Waals surface area contributed by atoms with Crippen molar-refractivity contribution in [1.29, 1.82) is 0 Å². The minimum absolute atomic E-state index is 0.0563. The second kappa shape index (κ2) is 11.6. The molecule has 200 valence electrons. The van der Waals surface area contributed by atoms with Crippen LogP contribution in [-0.4, -0.2) is 64.9 Å². The molecule has 8 nitrogen and oxygen atoms in total. The maximum absolute atomic E-state index is 13.6. The summed E-state index contributed by atoms with van der Waals surface area (Å²) in [6.45, 7) is 2.69. The van der Waals surface area contributed by atoms with E-state index in [4.69, 9.17) is 0 Å². The van der Waals surface area contributed by atoms with Gasteiger partial charge in [0.1, 0.15) is 6.54 Å². The predicted octanol–water partition coefficient (Wildman–Crippen LogP) is 3.72. The van der Waals surface area contributed by atoms with Crippen LogP contribution in [0.1, 0.15) is 34.8 Å². The Labute approximate surface area is 227 Å². The zero-order chi connectivity index (χ0) is 27.4. The molecule has 1 unspecified atom stereocenters. The number of nitrogens with zero attached hydrogens (tertiary/aromatic N) is 4. The first-order chi connectivity index (χ1) is 18.9. The molecule has 8 heteroatoms. The first kappa shape index (κ1) is 26.3. The van der Waals surface area contributed by atoms with Crippen molar-refractivity contribution in [3.63, 3.8) is 0 Å². The number of carbonyl (C=O) groups excluding carboxylic acids is 2. The van der Waals surface area contributed by atoms with Crippen molar-refractivity contribution in [3.05, 3.63) is 100 Å². The van der Waals surface area contributed by atoms with E-state index in [9.17, 15) is 14.4 Å². The molecule has 1 atom stereocenters. The maximum Gasteiger partial charge on any atom is 0.269 e. The van der Waals surface area contributed by atoms with E-state index in [1.165, 1.54) is 10.8 Å². The molecule has 0 aliphatic carbocycles. The summed E-state index contributed by atoms with van der Waals surface area (Å²) in [7, 11) is 3.44. The number of amides is 2. The molecule has 4 aromatic rings. The number of benzene rings is 3. The number of carbonyl (C=O) groups is 2. The van der Waals surface area contributed by atoms with Crippen molar-refractivity contribution in [2.24, 2.45) is 0 Å². The lowest BCUT2D eigenvalue weighted by Gasteiger charge is -2.32. The van der Waals surface area contributed by atoms with Crippen LogP contribution < -0.4 is 10.9 Å². The van der Waals surface area contributed by atoms with E-state index in [1.54, 1.807) is 18.0 Å². The van der Waals surface area contributed by atoms with Gasteiger partial charge in [-0.2, -0.15) is 0 Å². The molecule has 1 aliphatic rings. The number of hydrogen-bond acceptors (Lipinski definition) is 5. The van der Waals surface area contributed by atoms with Crippen molar-refractivity contribution in [2.45, 2.75) is 25.4 Å². The molecule has 1 saturated heterocycles. The summed E-state index contributed by atoms with van der Waals surface area (Å²) < 4.78 is 1.50. The molecule has 0 spiro atoms. The van der Waals surface area contributed by atoms with Gasteiger partial charge >= 0.3 is 0 Å². The van der Waals surface area contributed by atoms with Crippen LogP contribution in [-0.2, 0) is 11.3 Å². The van der Waals surface area contributed by atoms with Gasteiger partial charge in [-0.3, -0.25) is 19.0 Å². The summed E-state index contributed by atoms with van der Waals surface area (Å²) in [5, 5.41) is 2.67. The first-order valence-corrected chi connectivity index (χ1v) is 13.3. The van der Waals surface area contributed by atoms with Crippen molar-refractivity contribution in [2.75, 3.05) is 33.7 Å². The minimum atomic E-state index is -0.296. The molecule has 0 saturated carbocycles. The quantitative estimate of drug-likeness (QED) is 0.380. The van der Waals surface area contributed by atoms with Crippen LogP contribution in [0.25, 0.3) is 22.2 Å². The van der Waals surface area contributed by atoms with Crippen LogP contribution in [0.4, 0.5) is 0 Å². The number of aromatic nitrogens is 2. The van der Waals surface area contributed by atoms with Crippen LogP contribution in [0.3, 0.4) is 0 Å². The number of nitrogens with one attached hydrogen (secondary N) is 1. The van der Waals surface area contributed by atoms with Crippen molar-refractivity contribution in [3.8, 4) is 11.1 Å². The van der Waals surface area contributed by atoms with Crippen molar-refractivity contribution >= 4 is 22.8 Å². The van der Waals surface area contributed by atoms with E-state index in [1.807, 2.05) is 61.6 Å². The first-order valence-electron chi connectivity index (χ1n) is 13.3. The lowest BCUT2D eigenvalue weighted by molar-refractivity contribution is -0.133. The molecule has 1 aromatic heterocycles. The topological polar surface area (TPSA) is 87.5 Å². The van der Waals surface area contributed by atoms with Gasteiger partial charge in [0, 0.05) is 26.2 Å². The molecular formula is C31H33N5O3. The van der Waals surface area contributed by atoms with E-state index in [-0.39, 0.29) is 30.0 Å². The van der Waals surface area contributed by atoms with E-state index in [2.05, 4.69) is 27.3 Å². The number of rotatable bonds is 8. The van der Waals surface area contributed by atoms with Gasteiger partial charge in [0.2, 0.25) is 5.91 Å². The molecule has 0 radical (unpaired) electrons. The van der Waals surface area contributed by atoms with Gasteiger partial charge < -0.3 is 15.1 Å². The molecule has 0 bridgehead atoms. The second-order valence-corrected chi connectivity index (χ2v) is 9.98. The normalized spacial score (nSPS) is 14.3. The Morgan fingerprint density at radius 3 is 2.46 bits per heavy atom. The van der Waals surface area contributed by atoms with Gasteiger partial charge in [0.15, 0.2) is 0 Å². The molecule has 1 fully saturated rings. The zero-order valence-corrected chi connectivity index (χ0v) is 22.3. The van der Waals surface area contributed by atoms with Crippen LogP contribution in [0, 0.1) is 0 Å². The van der Waals surface area contributed by atoms with Gasteiger partial charge in [-0.25, -0.2) is 4.98 Å². The van der Waals surface area contributed by atoms with Gasteiger partial charge in [0.25, 0.3) is 11.5 Å². The summed E-state index contributed by atoms with van der Waals surface area (Å²) in [5.74, 6) is -0.264. The lowest BCUT2D eigenvalue weighted by atomic mass is 9.98. The fourth-order valence-electron chi connectivity index (χ4n) is 5.24. The van der Waals surface area contributed by atoms with E-state index in [0.29, 0.717) is 16.6 Å². The summed E-state index contributed by atoms with van der Waals surface area (Å²) in [6.07, 6.45) is 3.59. The highest BCUT2D eigenvalue weighted by atomic mass is 16.2. The standard InChI is InChI=1S/C31H33N5O3/c1-32-31(39)25-9-7-8-24(18-25)22-12-14-23(15-13-22)28(20-35-16-5-6-17-35)34(2)30(38)21-36-27-11-4-3-10-26(27)33-19-29(36)37/h3-4,7-15,18-19,28H,5-6,16-17,20-21H2,1-2H3,(H,32,39). The molecule has 39 heavy (non-hydrogen) atoms. The molecule has 2 amide bonds. The minimum Gasteiger partial charge on any atom is -0.355 e. The monoisotopic (exact) mass is 523 g/mol. The van der Waals surface area contributed by atoms with Crippen LogP contribution in [0.5, 0.6) is 0 Å². The smallest absolute Gasteiger partial charge is 0.269 e. The van der Waals surface area contributed by atoms with Crippen LogP contribution in [0.15, 0.2) is 83.8 Å². The Balaban J connectivity index is 1.42. The van der Waals surface area contributed by atoms with E-state index < -0.39 is 0 Å². The SMILES string of the molecule is CNC(=O)c1cccc(-c2ccc(C(CN3CCCC3)N(C)C(=O)Cn3c(=O)cnc4ccccc43)cc2)c1. The van der Waals surface area contributed by atoms with Gasteiger partial charge in [-0.05, 0) is 66.9 Å². The Morgan fingerprint density at radius 2 is 1.72 bits per heavy atom. The third kappa shape index (κ3) is 5.76. The fraction of sp³-hybridized carbons (Fsp3) is 0.290. The Morgan fingerprint density at radius 1 is 0.974 bits per heavy atom. The van der Waals surface area contributed by atoms with Gasteiger partial charge in [-0.15, -0.1) is 0 Å². The zero-order valence-electron chi connectivity index (χ0n) is 22.3. The summed E-state index contributed by atoms with van der Waals surface area (Å²) >= 11 is 0. The van der Waals surface area contributed by atoms with Crippen molar-refractivity contribution < 1.29 is 9.59 Å². The van der Waals surface area contributed by atoms with Crippen LogP contribution in [0.2, 0.25) is 0 Å². The number of likely N-dealkylation sites (N-methyl/N-ethyl adjacent to an activating group) is 1. The highest BCUT2D eigenvalue weighted by Gasteiger charge is 2.26. The number of fused-ring (bicyclic) bond motifs is 1. The van der Waals surface area contributed by atoms with E-state index in [0.717, 1.165) is 49.2 Å². The molecule has 3 aromatic carbocycles. The molecule has 2 heterocycles. The third-order valence-electron chi connectivity index (χ3n) is 7.52. The second-order valence-electron chi connectivity index (χ2n) is 9.98. The Hall–Kier alpha value is -4.30. The molecule has 1 N–H and O–H groups in total. The highest BCUT2D eigenvalue weighted by Crippen LogP contribution is 2.27. The highest BCUT2D eigenvalue weighted by molar-refractivity contribution is 5.95. The molecular weight excluding hydrogens is 490 g/mol. The van der Waals surface area contributed by atoms with Gasteiger partial charge in [0.05, 0.1) is 23.3 Å². The Kier molecular flexibility index (Phi) is 7.84. The third-order valence-corrected chi connectivity index (χ3v) is 7.52. The van der Waals surface area contributed by atoms with Gasteiger partial charge in [-0.1, -0.05) is 48.5 Å². The summed E-state index contributed by atoms with van der Waals surface area (Å²) in [4.78, 5) is 46.7. The molecule has 1 aliphatic heterocycles. The lowest BCUT2D eigenvalue weighted by Crippen LogP contribution is -2.41. The number of likely N-dealkylation sites (tertiary alicyclic amines) is 1. The van der Waals surface area contributed by atoms with Crippen molar-refractivity contribution in [1.82, 2.24) is 24.7 Å². The summed E-state index contributed by atoms with van der Waals surface area (Å²) in [6, 6.07) is 22.9. The summed E-state index contributed by atoms with van der Waals surface area (Å²) in [5.41, 5.74) is 4.60. The number of hydrogen-bond donors (Lipinski definition) is 1. The number of para-hydroxylation sites is 2. The Bertz CT molecular complexity index is 1540. The fourth-order valence-corrected chi connectivity index (χ4v) is 5.24. The van der Waals surface area contributed by atoms with Crippen LogP contribution >= 0.6 is 0 Å². The van der Waals surface area contributed by atoms with E-state index >= 15 is 0 Å². The average Bonchev–Trinajstić information content (AvgIpc) is 3.50.